The van der Waals surface area contributed by atoms with Crippen molar-refractivity contribution in [2.24, 2.45) is 17.4 Å². The first kappa shape index (κ1) is 38.1. The van der Waals surface area contributed by atoms with E-state index < -0.39 is 12.1 Å². The van der Waals surface area contributed by atoms with Gasteiger partial charge in [0.1, 0.15) is 5.82 Å². The van der Waals surface area contributed by atoms with Crippen molar-refractivity contribution >= 4 is 41.9 Å². The number of carbonyl (C=O) groups is 1. The number of halogens is 2. The minimum absolute atomic E-state index is 0. The second-order valence-corrected chi connectivity index (χ2v) is 12.5. The average molecular weight is 711 g/mol. The molecule has 260 valence electrons. The normalized spacial score (nSPS) is 12.2. The number of aromatic nitrogens is 2. The predicted molar refractivity (Wildman–Crippen MR) is 207 cm³/mol. The highest BCUT2D eigenvalue weighted by Crippen LogP contribution is 2.45. The van der Waals surface area contributed by atoms with Gasteiger partial charge < -0.3 is 21.6 Å². The van der Waals surface area contributed by atoms with Gasteiger partial charge in [-0.3, -0.25) is 4.90 Å². The van der Waals surface area contributed by atoms with E-state index in [0.29, 0.717) is 13.1 Å². The Kier molecular flexibility index (Phi) is 13.6. The van der Waals surface area contributed by atoms with Gasteiger partial charge in [0.2, 0.25) is 0 Å². The Balaban J connectivity index is 0.00000281. The lowest BCUT2D eigenvalue weighted by Gasteiger charge is -2.40. The molecular formula is C41H45Cl2N5O2. The van der Waals surface area contributed by atoms with E-state index in [0.717, 1.165) is 63.1 Å². The molecule has 0 saturated heterocycles. The zero-order valence-electron chi connectivity index (χ0n) is 28.1. The molecule has 6 N–H and O–H groups in total. The first-order valence-electron chi connectivity index (χ1n) is 16.5. The van der Waals surface area contributed by atoms with Crippen LogP contribution < -0.4 is 11.5 Å². The zero-order valence-corrected chi connectivity index (χ0v) is 29.7. The number of amides is 1. The van der Waals surface area contributed by atoms with E-state index in [-0.39, 0.29) is 43.2 Å². The number of carboxylic acid groups (broad SMARTS) is 1. The number of aryl methyl sites for hydroxylation is 2. The highest BCUT2D eigenvalue weighted by atomic mass is 35.5. The maximum atomic E-state index is 13.5. The van der Waals surface area contributed by atoms with Crippen LogP contribution >= 0.6 is 24.8 Å². The van der Waals surface area contributed by atoms with E-state index in [4.69, 9.17) is 16.5 Å². The third-order valence-electron chi connectivity index (χ3n) is 9.34. The Labute approximate surface area is 306 Å². The maximum absolute atomic E-state index is 13.5. The van der Waals surface area contributed by atoms with E-state index in [1.807, 2.05) is 49.4 Å². The van der Waals surface area contributed by atoms with Gasteiger partial charge in [0.05, 0.1) is 17.1 Å². The van der Waals surface area contributed by atoms with Crippen molar-refractivity contribution in [1.29, 1.82) is 0 Å². The molecule has 7 nitrogen and oxygen atoms in total. The molecule has 50 heavy (non-hydrogen) atoms. The average Bonchev–Trinajstić information content (AvgIpc) is 3.51. The van der Waals surface area contributed by atoms with Crippen molar-refractivity contribution in [3.63, 3.8) is 0 Å². The number of H-pyrrole nitrogens is 1. The number of hydrogen-bond acceptors (Lipinski definition) is 4. The Hall–Kier alpha value is -4.66. The number of fused-ring (bicyclic) bond motifs is 1. The lowest BCUT2D eigenvalue weighted by molar-refractivity contribution is 0.0921. The van der Waals surface area contributed by atoms with Gasteiger partial charge in [0, 0.05) is 25.6 Å². The second kappa shape index (κ2) is 17.8. The summed E-state index contributed by atoms with van der Waals surface area (Å²) in [4.78, 5) is 23.2. The number of nitrogens with two attached hydrogens (primary N) is 2. The van der Waals surface area contributed by atoms with Crippen LogP contribution in [0.5, 0.6) is 0 Å². The molecule has 0 aliphatic carbocycles. The SMILES string of the molecule is Cc1nc2cc(C(C(CCc3ccc(CN)cc3)C(c3ccccc3)c3ccccc3)N(Cc3ccc(CN)cc3)C(=O)O)ccc2[nH]1.Cl.Cl. The molecule has 0 saturated carbocycles. The van der Waals surface area contributed by atoms with Gasteiger partial charge >= 0.3 is 6.09 Å². The van der Waals surface area contributed by atoms with Crippen LogP contribution in [0.4, 0.5) is 4.79 Å². The molecule has 1 aromatic heterocycles. The minimum Gasteiger partial charge on any atom is -0.465 e. The molecule has 5 aromatic carbocycles. The quantitative estimate of drug-likeness (QED) is 0.0954. The van der Waals surface area contributed by atoms with Crippen LogP contribution in [0.15, 0.2) is 127 Å². The van der Waals surface area contributed by atoms with Crippen LogP contribution in [0, 0.1) is 12.8 Å². The number of hydrogen-bond donors (Lipinski definition) is 4. The smallest absolute Gasteiger partial charge is 0.408 e. The number of aromatic amines is 1. The van der Waals surface area contributed by atoms with Gasteiger partial charge in [0.15, 0.2) is 0 Å². The summed E-state index contributed by atoms with van der Waals surface area (Å²) in [6.07, 6.45) is 0.525. The molecule has 0 fully saturated rings. The Morgan fingerprint density at radius 1 is 0.720 bits per heavy atom. The molecular weight excluding hydrogens is 665 g/mol. The molecule has 9 heteroatoms. The summed E-state index contributed by atoms with van der Waals surface area (Å²) in [6, 6.07) is 43.0. The van der Waals surface area contributed by atoms with Crippen molar-refractivity contribution in [2.45, 2.75) is 51.4 Å². The third kappa shape index (κ3) is 8.92. The van der Waals surface area contributed by atoms with Gasteiger partial charge in [-0.05, 0) is 76.8 Å². The highest BCUT2D eigenvalue weighted by molar-refractivity contribution is 5.85. The molecule has 0 aliphatic rings. The van der Waals surface area contributed by atoms with E-state index in [2.05, 4.69) is 89.9 Å². The van der Waals surface area contributed by atoms with Crippen LogP contribution in [-0.4, -0.2) is 26.1 Å². The Morgan fingerprint density at radius 2 is 1.24 bits per heavy atom. The van der Waals surface area contributed by atoms with Crippen molar-refractivity contribution in [3.8, 4) is 0 Å². The number of benzene rings is 5. The molecule has 6 rings (SSSR count). The fourth-order valence-electron chi connectivity index (χ4n) is 6.94. The molecule has 2 atom stereocenters. The van der Waals surface area contributed by atoms with Gasteiger partial charge in [-0.2, -0.15) is 0 Å². The number of nitrogens with one attached hydrogen (secondary N) is 1. The summed E-state index contributed by atoms with van der Waals surface area (Å²) >= 11 is 0. The van der Waals surface area contributed by atoms with E-state index in [9.17, 15) is 9.90 Å². The first-order chi connectivity index (χ1) is 23.4. The summed E-state index contributed by atoms with van der Waals surface area (Å²) in [7, 11) is 0. The topological polar surface area (TPSA) is 121 Å². The molecule has 0 aliphatic heterocycles. The van der Waals surface area contributed by atoms with Crippen molar-refractivity contribution in [3.05, 3.63) is 172 Å². The standard InChI is InChI=1S/C41H43N5O2.2ClH/c1-28-44-37-23-21-35(24-38(37)45-28)40(46(41(47)48)27-32-18-16-31(26-43)17-19-32)36(22-20-29-12-14-30(25-42)15-13-29)39(33-8-4-2-5-9-33)34-10-6-3-7-11-34;;/h2-19,21,23-24,36,39-40H,20,22,25-27,42-43H2,1H3,(H,44,45)(H,47,48);2*1H. The van der Waals surface area contributed by atoms with Crippen LogP contribution in [0.1, 0.15) is 63.1 Å². The van der Waals surface area contributed by atoms with E-state index in [1.165, 1.54) is 5.56 Å². The van der Waals surface area contributed by atoms with Crippen LogP contribution in [0.25, 0.3) is 11.0 Å². The molecule has 6 aromatic rings. The van der Waals surface area contributed by atoms with Crippen molar-refractivity contribution in [1.82, 2.24) is 14.9 Å². The predicted octanol–water partition coefficient (Wildman–Crippen LogP) is 8.93. The summed E-state index contributed by atoms with van der Waals surface area (Å²) in [5.74, 6) is 0.567. The number of rotatable bonds is 13. The van der Waals surface area contributed by atoms with Crippen LogP contribution in [-0.2, 0) is 26.1 Å². The first-order valence-corrected chi connectivity index (χ1v) is 16.5. The summed E-state index contributed by atoms with van der Waals surface area (Å²) in [5.41, 5.74) is 20.9. The molecule has 1 heterocycles. The highest BCUT2D eigenvalue weighted by Gasteiger charge is 2.38. The Bertz CT molecular complexity index is 1890. The van der Waals surface area contributed by atoms with Crippen LogP contribution in [0.2, 0.25) is 0 Å². The van der Waals surface area contributed by atoms with Gasteiger partial charge in [-0.25, -0.2) is 9.78 Å². The number of nitrogens with zero attached hydrogens (tertiary/aromatic N) is 2. The molecule has 2 unspecified atom stereocenters. The second-order valence-electron chi connectivity index (χ2n) is 12.5. The third-order valence-corrected chi connectivity index (χ3v) is 9.34. The van der Waals surface area contributed by atoms with Gasteiger partial charge in [-0.15, -0.1) is 24.8 Å². The lowest BCUT2D eigenvalue weighted by atomic mass is 9.72. The minimum atomic E-state index is -0.974. The van der Waals surface area contributed by atoms with Crippen LogP contribution in [0.3, 0.4) is 0 Å². The molecule has 1 amide bonds. The number of imidazole rings is 1. The molecule has 0 bridgehead atoms. The van der Waals surface area contributed by atoms with E-state index >= 15 is 0 Å². The molecule has 0 spiro atoms. The Morgan fingerprint density at radius 3 is 1.76 bits per heavy atom. The van der Waals surface area contributed by atoms with Gasteiger partial charge in [-0.1, -0.05) is 115 Å². The van der Waals surface area contributed by atoms with Crippen molar-refractivity contribution in [2.75, 3.05) is 0 Å². The molecule has 0 radical (unpaired) electrons. The fraction of sp³-hybridized carbons (Fsp3) is 0.220. The fourth-order valence-corrected chi connectivity index (χ4v) is 6.94. The largest absolute Gasteiger partial charge is 0.465 e. The zero-order chi connectivity index (χ0) is 33.5. The monoisotopic (exact) mass is 709 g/mol. The lowest BCUT2D eigenvalue weighted by Crippen LogP contribution is -2.40. The summed E-state index contributed by atoms with van der Waals surface area (Å²) in [6.45, 7) is 3.08. The van der Waals surface area contributed by atoms with Crippen molar-refractivity contribution < 1.29 is 9.90 Å². The summed E-state index contributed by atoms with van der Waals surface area (Å²) in [5, 5.41) is 11.1. The summed E-state index contributed by atoms with van der Waals surface area (Å²) < 4.78 is 0. The maximum Gasteiger partial charge on any atom is 0.408 e. The van der Waals surface area contributed by atoms with Gasteiger partial charge in [0.25, 0.3) is 0 Å². The van der Waals surface area contributed by atoms with E-state index in [1.54, 1.807) is 4.90 Å².